The fourth-order valence-electron chi connectivity index (χ4n) is 1.31. The summed E-state index contributed by atoms with van der Waals surface area (Å²) in [6.07, 6.45) is 4.83. The van der Waals surface area contributed by atoms with Crippen molar-refractivity contribution >= 4 is 23.8 Å². The number of carbonyl (C=O) groups excluding carboxylic acids is 1. The Bertz CT molecular complexity index is 545. The van der Waals surface area contributed by atoms with Crippen LogP contribution in [0.15, 0.2) is 30.7 Å². The van der Waals surface area contributed by atoms with Crippen LogP contribution in [0.4, 0.5) is 5.69 Å². The molecule has 0 saturated heterocycles. The third kappa shape index (κ3) is 2.01. The van der Waals surface area contributed by atoms with Gasteiger partial charge in [0.25, 0.3) is 5.91 Å². The summed E-state index contributed by atoms with van der Waals surface area (Å²) in [7, 11) is 1.70. The van der Waals surface area contributed by atoms with Crippen molar-refractivity contribution in [2.45, 2.75) is 0 Å². The highest BCUT2D eigenvalue weighted by Crippen LogP contribution is 2.12. The minimum atomic E-state index is -0.154. The average molecular weight is 234 g/mol. The molecule has 0 unspecified atom stereocenters. The smallest absolute Gasteiger partial charge is 0.276 e. The van der Waals surface area contributed by atoms with E-state index in [0.717, 1.165) is 5.69 Å². The lowest BCUT2D eigenvalue weighted by atomic mass is 10.3. The summed E-state index contributed by atoms with van der Waals surface area (Å²) in [5, 5.41) is 0. The molecule has 0 fully saturated rings. The fraction of sp³-hybridized carbons (Fsp3) is 0.100. The molecule has 0 radical (unpaired) electrons. The van der Waals surface area contributed by atoms with Crippen LogP contribution in [-0.2, 0) is 0 Å². The molecule has 2 heterocycles. The lowest BCUT2D eigenvalue weighted by Gasteiger charge is -2.15. The molecular formula is C10H10N4OS. The summed E-state index contributed by atoms with van der Waals surface area (Å²) < 4.78 is 0.437. The van der Waals surface area contributed by atoms with Crippen LogP contribution >= 0.6 is 12.2 Å². The number of pyridine rings is 1. The zero-order chi connectivity index (χ0) is 11.5. The Kier molecular flexibility index (Phi) is 2.82. The quantitative estimate of drug-likeness (QED) is 0.778. The number of hydrogen-bond donors (Lipinski definition) is 2. The maximum atomic E-state index is 12.0. The van der Waals surface area contributed by atoms with E-state index in [0.29, 0.717) is 10.5 Å². The monoisotopic (exact) mass is 234 g/mol. The molecule has 0 saturated carbocycles. The number of amides is 1. The molecule has 0 aliphatic rings. The van der Waals surface area contributed by atoms with Crippen molar-refractivity contribution < 1.29 is 4.79 Å². The highest BCUT2D eigenvalue weighted by atomic mass is 32.1. The lowest BCUT2D eigenvalue weighted by Crippen LogP contribution is -2.26. The largest absolute Gasteiger partial charge is 0.337 e. The van der Waals surface area contributed by atoms with Gasteiger partial charge in [-0.1, -0.05) is 0 Å². The topological polar surface area (TPSA) is 64.8 Å². The summed E-state index contributed by atoms with van der Waals surface area (Å²) >= 11 is 4.86. The minimum absolute atomic E-state index is 0.154. The van der Waals surface area contributed by atoms with Crippen LogP contribution in [0.25, 0.3) is 0 Å². The van der Waals surface area contributed by atoms with Crippen molar-refractivity contribution in [3.05, 3.63) is 41.2 Å². The Morgan fingerprint density at radius 3 is 2.69 bits per heavy atom. The highest BCUT2D eigenvalue weighted by Gasteiger charge is 2.14. The predicted octanol–water partition coefficient (Wildman–Crippen LogP) is 1.74. The molecule has 2 N–H and O–H groups in total. The van der Waals surface area contributed by atoms with Crippen LogP contribution in [0.5, 0.6) is 0 Å². The van der Waals surface area contributed by atoms with Gasteiger partial charge in [-0.2, -0.15) is 0 Å². The highest BCUT2D eigenvalue weighted by molar-refractivity contribution is 7.71. The number of imidazole rings is 1. The van der Waals surface area contributed by atoms with Crippen molar-refractivity contribution in [3.8, 4) is 0 Å². The Morgan fingerprint density at radius 1 is 1.44 bits per heavy atom. The molecule has 0 aliphatic carbocycles. The van der Waals surface area contributed by atoms with Crippen LogP contribution in [0.2, 0.25) is 0 Å². The van der Waals surface area contributed by atoms with Crippen molar-refractivity contribution in [3.63, 3.8) is 0 Å². The number of anilines is 1. The number of carbonyl (C=O) groups is 1. The number of nitrogens with one attached hydrogen (secondary N) is 2. The zero-order valence-electron chi connectivity index (χ0n) is 8.60. The third-order valence-electron chi connectivity index (χ3n) is 2.18. The van der Waals surface area contributed by atoms with Crippen LogP contribution in [0.1, 0.15) is 10.5 Å². The molecular weight excluding hydrogens is 224 g/mol. The van der Waals surface area contributed by atoms with Gasteiger partial charge >= 0.3 is 0 Å². The summed E-state index contributed by atoms with van der Waals surface area (Å²) in [5.41, 5.74) is 1.21. The SMILES string of the molecule is CN(C(=O)c1c[nH]c(=S)[nH]1)c1ccncc1. The number of rotatable bonds is 2. The summed E-state index contributed by atoms with van der Waals surface area (Å²) in [4.78, 5) is 22.9. The Labute approximate surface area is 97.1 Å². The van der Waals surface area contributed by atoms with Crippen molar-refractivity contribution in [2.24, 2.45) is 0 Å². The molecule has 82 valence electrons. The molecule has 16 heavy (non-hydrogen) atoms. The molecule has 2 aromatic rings. The molecule has 0 bridgehead atoms. The van der Waals surface area contributed by atoms with Crippen molar-refractivity contribution in [2.75, 3.05) is 11.9 Å². The molecule has 2 rings (SSSR count). The van der Waals surface area contributed by atoms with E-state index < -0.39 is 0 Å². The molecule has 1 amide bonds. The number of H-pyrrole nitrogens is 2. The number of hydrogen-bond acceptors (Lipinski definition) is 3. The molecule has 2 aromatic heterocycles. The molecule has 6 heteroatoms. The van der Waals surface area contributed by atoms with Crippen LogP contribution in [-0.4, -0.2) is 27.9 Å². The van der Waals surface area contributed by atoms with Crippen molar-refractivity contribution in [1.82, 2.24) is 15.0 Å². The van der Waals surface area contributed by atoms with Crippen LogP contribution in [0.3, 0.4) is 0 Å². The first-order valence-electron chi connectivity index (χ1n) is 4.64. The van der Waals surface area contributed by atoms with Gasteiger partial charge in [0.05, 0.1) is 0 Å². The van der Waals surface area contributed by atoms with Gasteiger partial charge in [-0.15, -0.1) is 0 Å². The second kappa shape index (κ2) is 4.28. The van der Waals surface area contributed by atoms with Gasteiger partial charge in [0.15, 0.2) is 4.77 Å². The van der Waals surface area contributed by atoms with Crippen LogP contribution in [0, 0.1) is 4.77 Å². The molecule has 0 atom stereocenters. The van der Waals surface area contributed by atoms with E-state index in [4.69, 9.17) is 12.2 Å². The van der Waals surface area contributed by atoms with Gasteiger partial charge in [0.2, 0.25) is 0 Å². The number of aromatic amines is 2. The summed E-state index contributed by atoms with van der Waals surface area (Å²) in [6, 6.07) is 3.53. The second-order valence-electron chi connectivity index (χ2n) is 3.23. The molecule has 0 spiro atoms. The molecule has 0 aliphatic heterocycles. The van der Waals surface area contributed by atoms with Gasteiger partial charge in [0, 0.05) is 31.3 Å². The summed E-state index contributed by atoms with van der Waals surface area (Å²) in [5.74, 6) is -0.154. The van der Waals surface area contributed by atoms with E-state index in [9.17, 15) is 4.79 Å². The maximum Gasteiger partial charge on any atom is 0.276 e. The Morgan fingerprint density at radius 2 is 2.12 bits per heavy atom. The Hall–Kier alpha value is -1.95. The third-order valence-corrected chi connectivity index (χ3v) is 2.40. The van der Waals surface area contributed by atoms with E-state index >= 15 is 0 Å². The van der Waals surface area contributed by atoms with E-state index in [1.54, 1.807) is 37.8 Å². The zero-order valence-corrected chi connectivity index (χ0v) is 9.41. The first-order chi connectivity index (χ1) is 7.68. The fourth-order valence-corrected chi connectivity index (χ4v) is 1.48. The normalized spacial score (nSPS) is 10.1. The Balaban J connectivity index is 2.26. The van der Waals surface area contributed by atoms with E-state index in [1.165, 1.54) is 4.90 Å². The van der Waals surface area contributed by atoms with E-state index in [1.807, 2.05) is 0 Å². The maximum absolute atomic E-state index is 12.0. The number of aromatic nitrogens is 3. The molecule has 5 nitrogen and oxygen atoms in total. The summed E-state index contributed by atoms with van der Waals surface area (Å²) in [6.45, 7) is 0. The van der Waals surface area contributed by atoms with Gasteiger partial charge in [-0.05, 0) is 24.4 Å². The van der Waals surface area contributed by atoms with Crippen molar-refractivity contribution in [1.29, 1.82) is 0 Å². The number of nitrogens with zero attached hydrogens (tertiary/aromatic N) is 2. The second-order valence-corrected chi connectivity index (χ2v) is 3.63. The van der Waals surface area contributed by atoms with Gasteiger partial charge in [-0.25, -0.2) is 0 Å². The predicted molar refractivity (Wildman–Crippen MR) is 62.9 cm³/mol. The van der Waals surface area contributed by atoms with Gasteiger partial charge in [-0.3, -0.25) is 9.78 Å². The van der Waals surface area contributed by atoms with E-state index in [-0.39, 0.29) is 5.91 Å². The van der Waals surface area contributed by atoms with Gasteiger partial charge < -0.3 is 14.9 Å². The molecule has 0 aromatic carbocycles. The standard InChI is InChI=1S/C10H10N4OS/c1-14(7-2-4-11-5-3-7)9(15)8-6-12-10(16)13-8/h2-6H,1H3,(H2,12,13,16). The first kappa shape index (κ1) is 10.6. The van der Waals surface area contributed by atoms with Gasteiger partial charge in [0.1, 0.15) is 5.69 Å². The van der Waals surface area contributed by atoms with E-state index in [2.05, 4.69) is 15.0 Å². The minimum Gasteiger partial charge on any atom is -0.337 e. The average Bonchev–Trinajstić information content (AvgIpc) is 2.75. The van der Waals surface area contributed by atoms with Crippen LogP contribution < -0.4 is 4.90 Å². The lowest BCUT2D eigenvalue weighted by molar-refractivity contribution is 0.0988. The first-order valence-corrected chi connectivity index (χ1v) is 5.05.